The zero-order valence-corrected chi connectivity index (χ0v) is 12.1. The van der Waals surface area contributed by atoms with Crippen LogP contribution in [-0.4, -0.2) is 38.9 Å². The Morgan fingerprint density at radius 1 is 1.39 bits per heavy atom. The van der Waals surface area contributed by atoms with Crippen LogP contribution >= 0.6 is 0 Å². The quantitative estimate of drug-likeness (QED) is 0.784. The molecule has 3 aromatic rings. The maximum atomic E-state index is 13.2. The first-order valence-corrected chi connectivity index (χ1v) is 7.20. The van der Waals surface area contributed by atoms with Crippen molar-refractivity contribution in [2.75, 3.05) is 13.1 Å². The molecule has 0 radical (unpaired) electrons. The molecular weight excluding hydrogens is 301 g/mol. The van der Waals surface area contributed by atoms with E-state index in [1.54, 1.807) is 16.9 Å². The van der Waals surface area contributed by atoms with Gasteiger partial charge in [-0.25, -0.2) is 9.07 Å². The topological polar surface area (TPSA) is 90.2 Å². The van der Waals surface area contributed by atoms with Gasteiger partial charge in [0.15, 0.2) is 5.69 Å². The predicted molar refractivity (Wildman–Crippen MR) is 79.0 cm³/mol. The number of hydrogen-bond acceptors (Lipinski definition) is 5. The van der Waals surface area contributed by atoms with Gasteiger partial charge in [-0.1, -0.05) is 5.21 Å². The summed E-state index contributed by atoms with van der Waals surface area (Å²) in [5.41, 5.74) is 6.01. The van der Waals surface area contributed by atoms with Gasteiger partial charge in [0.1, 0.15) is 17.2 Å². The van der Waals surface area contributed by atoms with E-state index in [0.717, 1.165) is 24.2 Å². The van der Waals surface area contributed by atoms with Crippen molar-refractivity contribution in [2.45, 2.75) is 12.6 Å². The average molecular weight is 315 g/mol. The third-order valence-corrected chi connectivity index (χ3v) is 3.98. The Hall–Kier alpha value is -2.74. The van der Waals surface area contributed by atoms with Crippen LogP contribution in [0.5, 0.6) is 0 Å². The molecule has 1 fully saturated rings. The molecule has 8 heteroatoms. The second-order valence-corrected chi connectivity index (χ2v) is 5.69. The Kier molecular flexibility index (Phi) is 3.12. The van der Waals surface area contributed by atoms with E-state index in [-0.39, 0.29) is 17.6 Å². The highest BCUT2D eigenvalue weighted by Gasteiger charge is 2.30. The number of primary amides is 1. The lowest BCUT2D eigenvalue weighted by Gasteiger charge is -2.38. The number of hydrogen-bond donors (Lipinski definition) is 1. The number of likely N-dealkylation sites (tertiary alicyclic amines) is 1. The van der Waals surface area contributed by atoms with Crippen molar-refractivity contribution in [2.24, 2.45) is 5.73 Å². The van der Waals surface area contributed by atoms with Crippen LogP contribution in [0.25, 0.3) is 11.0 Å². The lowest BCUT2D eigenvalue weighted by Crippen LogP contribution is -2.47. The molecule has 0 spiro atoms. The van der Waals surface area contributed by atoms with Crippen LogP contribution in [0.3, 0.4) is 0 Å². The number of benzene rings is 1. The van der Waals surface area contributed by atoms with Crippen LogP contribution in [0.2, 0.25) is 0 Å². The van der Waals surface area contributed by atoms with E-state index >= 15 is 0 Å². The second kappa shape index (κ2) is 5.17. The normalized spacial score (nSPS) is 15.9. The van der Waals surface area contributed by atoms with Gasteiger partial charge in [0.2, 0.25) is 0 Å². The number of halogens is 1. The molecule has 23 heavy (non-hydrogen) atoms. The molecule has 0 aliphatic carbocycles. The summed E-state index contributed by atoms with van der Waals surface area (Å²) in [6.07, 6.45) is 1.56. The first kappa shape index (κ1) is 13.9. The highest BCUT2D eigenvalue weighted by Crippen LogP contribution is 2.26. The number of carbonyl (C=O) groups excluding carboxylic acids is 1. The van der Waals surface area contributed by atoms with Crippen molar-refractivity contribution in [1.29, 1.82) is 0 Å². The van der Waals surface area contributed by atoms with E-state index in [4.69, 9.17) is 10.2 Å². The van der Waals surface area contributed by atoms with Crippen molar-refractivity contribution < 1.29 is 13.6 Å². The molecule has 2 N–H and O–H groups in total. The molecule has 0 atom stereocenters. The van der Waals surface area contributed by atoms with Gasteiger partial charge in [0.05, 0.1) is 18.8 Å². The van der Waals surface area contributed by atoms with E-state index in [9.17, 15) is 9.18 Å². The highest BCUT2D eigenvalue weighted by molar-refractivity contribution is 5.90. The SMILES string of the molecule is NC(=O)c1cn(C2CN(Cc3cc4cc(F)ccc4o3)C2)nn1. The number of rotatable bonds is 4. The van der Waals surface area contributed by atoms with Gasteiger partial charge in [-0.05, 0) is 24.3 Å². The molecule has 1 aliphatic rings. The van der Waals surface area contributed by atoms with Crippen molar-refractivity contribution in [3.63, 3.8) is 0 Å². The number of nitrogens with two attached hydrogens (primary N) is 1. The predicted octanol–water partition coefficient (Wildman–Crippen LogP) is 1.32. The third-order valence-electron chi connectivity index (χ3n) is 3.98. The fourth-order valence-corrected chi connectivity index (χ4v) is 2.77. The summed E-state index contributed by atoms with van der Waals surface area (Å²) in [7, 11) is 0. The van der Waals surface area contributed by atoms with Gasteiger partial charge >= 0.3 is 0 Å². The number of furan rings is 1. The fraction of sp³-hybridized carbons (Fsp3) is 0.267. The molecule has 3 heterocycles. The fourth-order valence-electron chi connectivity index (χ4n) is 2.77. The van der Waals surface area contributed by atoms with Gasteiger partial charge in [-0.3, -0.25) is 9.69 Å². The molecule has 1 aromatic carbocycles. The molecule has 0 unspecified atom stereocenters. The summed E-state index contributed by atoms with van der Waals surface area (Å²) in [6, 6.07) is 6.50. The van der Waals surface area contributed by atoms with E-state index in [1.807, 2.05) is 6.07 Å². The second-order valence-electron chi connectivity index (χ2n) is 5.69. The van der Waals surface area contributed by atoms with Crippen molar-refractivity contribution in [1.82, 2.24) is 19.9 Å². The average Bonchev–Trinajstić information content (AvgIpc) is 3.08. The molecule has 7 nitrogen and oxygen atoms in total. The molecule has 2 aromatic heterocycles. The van der Waals surface area contributed by atoms with E-state index < -0.39 is 5.91 Å². The molecule has 0 saturated carbocycles. The third kappa shape index (κ3) is 2.57. The standard InChI is InChI=1S/C15H14FN5O2/c16-10-1-2-14-9(3-10)4-12(23-14)7-20-5-11(6-20)21-8-13(15(17)22)18-19-21/h1-4,8,11H,5-7H2,(H2,17,22). The van der Waals surface area contributed by atoms with Crippen LogP contribution in [0.1, 0.15) is 22.3 Å². The zero-order valence-electron chi connectivity index (χ0n) is 12.1. The minimum atomic E-state index is -0.582. The van der Waals surface area contributed by atoms with Gasteiger partial charge < -0.3 is 10.2 Å². The number of carbonyl (C=O) groups is 1. The molecule has 4 rings (SSSR count). The van der Waals surface area contributed by atoms with Gasteiger partial charge in [0, 0.05) is 18.5 Å². The largest absolute Gasteiger partial charge is 0.460 e. The molecule has 118 valence electrons. The molecule has 0 bridgehead atoms. The minimum Gasteiger partial charge on any atom is -0.460 e. The molecule has 1 amide bonds. The maximum Gasteiger partial charge on any atom is 0.270 e. The highest BCUT2D eigenvalue weighted by atomic mass is 19.1. The Morgan fingerprint density at radius 3 is 2.96 bits per heavy atom. The first-order valence-electron chi connectivity index (χ1n) is 7.20. The summed E-state index contributed by atoms with van der Waals surface area (Å²) >= 11 is 0. The smallest absolute Gasteiger partial charge is 0.270 e. The summed E-state index contributed by atoms with van der Waals surface area (Å²) in [4.78, 5) is 13.2. The van der Waals surface area contributed by atoms with Gasteiger partial charge in [0.25, 0.3) is 5.91 Å². The number of nitrogens with zero attached hydrogens (tertiary/aromatic N) is 4. The van der Waals surface area contributed by atoms with Crippen LogP contribution in [0.4, 0.5) is 4.39 Å². The van der Waals surface area contributed by atoms with Crippen LogP contribution in [-0.2, 0) is 6.54 Å². The van der Waals surface area contributed by atoms with Crippen LogP contribution in [0, 0.1) is 5.82 Å². The summed E-state index contributed by atoms with van der Waals surface area (Å²) in [6.45, 7) is 2.18. The van der Waals surface area contributed by atoms with Crippen molar-refractivity contribution >= 4 is 16.9 Å². The molecule has 1 saturated heterocycles. The summed E-state index contributed by atoms with van der Waals surface area (Å²) < 4.78 is 20.5. The summed E-state index contributed by atoms with van der Waals surface area (Å²) in [5, 5.41) is 8.41. The molecular formula is C15H14FN5O2. The van der Waals surface area contributed by atoms with Crippen LogP contribution < -0.4 is 5.73 Å². The van der Waals surface area contributed by atoms with Crippen molar-refractivity contribution in [3.8, 4) is 0 Å². The van der Waals surface area contributed by atoms with Gasteiger partial charge in [-0.15, -0.1) is 5.10 Å². The van der Waals surface area contributed by atoms with E-state index in [1.165, 1.54) is 12.1 Å². The monoisotopic (exact) mass is 315 g/mol. The van der Waals surface area contributed by atoms with Crippen LogP contribution in [0.15, 0.2) is 34.9 Å². The number of fused-ring (bicyclic) bond motifs is 1. The Balaban J connectivity index is 1.40. The lowest BCUT2D eigenvalue weighted by atomic mass is 10.1. The Morgan fingerprint density at radius 2 is 2.22 bits per heavy atom. The number of amides is 1. The minimum absolute atomic E-state index is 0.164. The zero-order chi connectivity index (χ0) is 16.0. The lowest BCUT2D eigenvalue weighted by molar-refractivity contribution is 0.0828. The van der Waals surface area contributed by atoms with E-state index in [2.05, 4.69) is 15.2 Å². The maximum absolute atomic E-state index is 13.2. The summed E-state index contributed by atoms with van der Waals surface area (Å²) in [5.74, 6) is -0.0623. The van der Waals surface area contributed by atoms with Gasteiger partial charge in [-0.2, -0.15) is 0 Å². The van der Waals surface area contributed by atoms with Crippen molar-refractivity contribution in [3.05, 3.63) is 47.7 Å². The molecule has 1 aliphatic heterocycles. The number of aromatic nitrogens is 3. The Labute approximate surface area is 130 Å². The first-order chi connectivity index (χ1) is 11.1. The van der Waals surface area contributed by atoms with E-state index in [0.29, 0.717) is 12.1 Å². The Bertz CT molecular complexity index is 881.